The van der Waals surface area contributed by atoms with Crippen LogP contribution in [-0.2, 0) is 11.2 Å². The molecule has 27 heavy (non-hydrogen) atoms. The molecule has 0 aliphatic carbocycles. The van der Waals surface area contributed by atoms with Gasteiger partial charge in [-0.15, -0.1) is 0 Å². The third kappa shape index (κ3) is 5.83. The van der Waals surface area contributed by atoms with Crippen LogP contribution in [0.15, 0.2) is 54.6 Å². The van der Waals surface area contributed by atoms with Crippen molar-refractivity contribution in [3.8, 4) is 0 Å². The van der Waals surface area contributed by atoms with E-state index in [2.05, 4.69) is 72.6 Å². The monoisotopic (exact) mass is 366 g/mol. The van der Waals surface area contributed by atoms with Gasteiger partial charge in [0.2, 0.25) is 0 Å². The molecule has 0 bridgehead atoms. The summed E-state index contributed by atoms with van der Waals surface area (Å²) in [5, 5.41) is 3.18. The Morgan fingerprint density at radius 3 is 2.44 bits per heavy atom. The van der Waals surface area contributed by atoms with Gasteiger partial charge in [0.05, 0.1) is 26.2 Å². The SMILES string of the molecule is Cc1ccccc1N1CC[NH+](CC(=O)N[C@@H](C)CCc2ccccc2)CC1. The number of carbonyl (C=O) groups is 1. The highest BCUT2D eigenvalue weighted by Gasteiger charge is 2.23. The van der Waals surface area contributed by atoms with Crippen LogP contribution in [0, 0.1) is 6.92 Å². The van der Waals surface area contributed by atoms with E-state index in [-0.39, 0.29) is 11.9 Å². The molecule has 3 rings (SSSR count). The van der Waals surface area contributed by atoms with E-state index in [1.54, 1.807) is 0 Å². The lowest BCUT2D eigenvalue weighted by Gasteiger charge is -2.34. The third-order valence-corrected chi connectivity index (χ3v) is 5.45. The van der Waals surface area contributed by atoms with Crippen LogP contribution in [0.25, 0.3) is 0 Å². The molecule has 0 aromatic heterocycles. The molecule has 1 amide bonds. The first-order chi connectivity index (χ1) is 13.1. The maximum absolute atomic E-state index is 12.4. The number of benzene rings is 2. The molecule has 1 fully saturated rings. The fraction of sp³-hybridized carbons (Fsp3) is 0.435. The van der Waals surface area contributed by atoms with E-state index in [9.17, 15) is 4.79 Å². The third-order valence-electron chi connectivity index (χ3n) is 5.45. The number of anilines is 1. The first-order valence-electron chi connectivity index (χ1n) is 10.1. The predicted molar refractivity (Wildman–Crippen MR) is 111 cm³/mol. The second-order valence-electron chi connectivity index (χ2n) is 7.69. The molecule has 4 heteroatoms. The van der Waals surface area contributed by atoms with Crippen molar-refractivity contribution < 1.29 is 9.69 Å². The smallest absolute Gasteiger partial charge is 0.275 e. The number of rotatable bonds is 7. The largest absolute Gasteiger partial charge is 0.360 e. The molecule has 0 unspecified atom stereocenters. The van der Waals surface area contributed by atoms with Gasteiger partial charge in [0.1, 0.15) is 0 Å². The van der Waals surface area contributed by atoms with Crippen molar-refractivity contribution in [2.45, 2.75) is 32.7 Å². The Hall–Kier alpha value is -2.33. The normalized spacial score (nSPS) is 16.1. The van der Waals surface area contributed by atoms with Gasteiger partial charge in [-0.2, -0.15) is 0 Å². The minimum Gasteiger partial charge on any atom is -0.360 e. The Bertz CT molecular complexity index is 723. The Kier molecular flexibility index (Phi) is 6.88. The second-order valence-corrected chi connectivity index (χ2v) is 7.69. The average molecular weight is 367 g/mol. The highest BCUT2D eigenvalue weighted by Crippen LogP contribution is 2.18. The molecule has 1 heterocycles. The predicted octanol–water partition coefficient (Wildman–Crippen LogP) is 1.84. The van der Waals surface area contributed by atoms with Crippen LogP contribution in [-0.4, -0.2) is 44.7 Å². The number of nitrogens with zero attached hydrogens (tertiary/aromatic N) is 1. The molecular formula is C23H32N3O+. The van der Waals surface area contributed by atoms with E-state index in [0.717, 1.165) is 39.0 Å². The molecule has 1 aliphatic heterocycles. The number of piperazine rings is 1. The van der Waals surface area contributed by atoms with E-state index >= 15 is 0 Å². The second kappa shape index (κ2) is 9.56. The van der Waals surface area contributed by atoms with Crippen LogP contribution in [0.3, 0.4) is 0 Å². The zero-order valence-electron chi connectivity index (χ0n) is 16.6. The molecule has 2 N–H and O–H groups in total. The van der Waals surface area contributed by atoms with Crippen molar-refractivity contribution in [3.05, 3.63) is 65.7 Å². The van der Waals surface area contributed by atoms with Gasteiger partial charge in [0.25, 0.3) is 5.91 Å². The molecule has 0 radical (unpaired) electrons. The fourth-order valence-electron chi connectivity index (χ4n) is 3.81. The van der Waals surface area contributed by atoms with Gasteiger partial charge < -0.3 is 15.1 Å². The molecule has 0 spiro atoms. The Balaban J connectivity index is 1.38. The van der Waals surface area contributed by atoms with Crippen LogP contribution in [0.1, 0.15) is 24.5 Å². The number of nitrogens with one attached hydrogen (secondary N) is 2. The zero-order valence-corrected chi connectivity index (χ0v) is 16.6. The summed E-state index contributed by atoms with van der Waals surface area (Å²) < 4.78 is 0. The van der Waals surface area contributed by atoms with Crippen molar-refractivity contribution in [1.82, 2.24) is 5.32 Å². The summed E-state index contributed by atoms with van der Waals surface area (Å²) in [5.74, 6) is 0.176. The number of quaternary nitrogens is 1. The van der Waals surface area contributed by atoms with Gasteiger partial charge >= 0.3 is 0 Å². The Labute approximate surface area is 163 Å². The minimum atomic E-state index is 0.176. The number of amides is 1. The number of aryl methyl sites for hydroxylation is 2. The van der Waals surface area contributed by atoms with Gasteiger partial charge in [0.15, 0.2) is 6.54 Å². The summed E-state index contributed by atoms with van der Waals surface area (Å²) in [6, 6.07) is 19.2. The van der Waals surface area contributed by atoms with Gasteiger partial charge in [-0.25, -0.2) is 0 Å². The summed E-state index contributed by atoms with van der Waals surface area (Å²) >= 11 is 0. The van der Waals surface area contributed by atoms with Crippen molar-refractivity contribution in [2.24, 2.45) is 0 Å². The lowest BCUT2D eigenvalue weighted by molar-refractivity contribution is -0.892. The molecule has 144 valence electrons. The molecule has 0 saturated carbocycles. The number of para-hydroxylation sites is 1. The Morgan fingerprint density at radius 2 is 1.74 bits per heavy atom. The maximum atomic E-state index is 12.4. The van der Waals surface area contributed by atoms with Crippen molar-refractivity contribution >= 4 is 11.6 Å². The summed E-state index contributed by atoms with van der Waals surface area (Å²) in [6.07, 6.45) is 1.98. The van der Waals surface area contributed by atoms with Crippen molar-refractivity contribution in [2.75, 3.05) is 37.6 Å². The minimum absolute atomic E-state index is 0.176. The molecule has 1 atom stereocenters. The van der Waals surface area contributed by atoms with Crippen LogP contribution in [0.2, 0.25) is 0 Å². The van der Waals surface area contributed by atoms with Crippen LogP contribution in [0.4, 0.5) is 5.69 Å². The standard InChI is InChI=1S/C23H31N3O/c1-19-8-6-7-11-22(19)26-16-14-25(15-17-26)18-23(27)24-20(2)12-13-21-9-4-3-5-10-21/h3-11,20H,12-18H2,1-2H3,(H,24,27)/p+1/t20-/m0/s1. The van der Waals surface area contributed by atoms with Crippen molar-refractivity contribution in [3.63, 3.8) is 0 Å². The van der Waals surface area contributed by atoms with E-state index in [0.29, 0.717) is 6.54 Å². The topological polar surface area (TPSA) is 36.8 Å². The summed E-state index contributed by atoms with van der Waals surface area (Å²) in [5.41, 5.74) is 3.98. The fourth-order valence-corrected chi connectivity index (χ4v) is 3.81. The first kappa shape index (κ1) is 19.4. The number of hydrogen-bond acceptors (Lipinski definition) is 2. The summed E-state index contributed by atoms with van der Waals surface area (Å²) in [4.78, 5) is 16.2. The summed E-state index contributed by atoms with van der Waals surface area (Å²) in [7, 11) is 0. The quantitative estimate of drug-likeness (QED) is 0.785. The van der Waals surface area contributed by atoms with E-state index in [4.69, 9.17) is 0 Å². The molecule has 2 aromatic carbocycles. The van der Waals surface area contributed by atoms with Gasteiger partial charge in [-0.1, -0.05) is 48.5 Å². The molecule has 2 aromatic rings. The van der Waals surface area contributed by atoms with Gasteiger partial charge in [-0.05, 0) is 43.9 Å². The van der Waals surface area contributed by atoms with E-state index in [1.807, 2.05) is 6.07 Å². The number of hydrogen-bond donors (Lipinski definition) is 2. The molecule has 1 saturated heterocycles. The maximum Gasteiger partial charge on any atom is 0.275 e. The van der Waals surface area contributed by atoms with Crippen molar-refractivity contribution in [1.29, 1.82) is 0 Å². The van der Waals surface area contributed by atoms with Crippen LogP contribution < -0.4 is 15.1 Å². The Morgan fingerprint density at radius 1 is 1.07 bits per heavy atom. The zero-order chi connectivity index (χ0) is 19.1. The highest BCUT2D eigenvalue weighted by atomic mass is 16.2. The van der Waals surface area contributed by atoms with Crippen LogP contribution >= 0.6 is 0 Å². The van der Waals surface area contributed by atoms with E-state index in [1.165, 1.54) is 21.7 Å². The van der Waals surface area contributed by atoms with E-state index < -0.39 is 0 Å². The van der Waals surface area contributed by atoms with Gasteiger partial charge in [-0.3, -0.25) is 4.79 Å². The highest BCUT2D eigenvalue weighted by molar-refractivity contribution is 5.77. The molecule has 1 aliphatic rings. The van der Waals surface area contributed by atoms with Crippen LogP contribution in [0.5, 0.6) is 0 Å². The number of carbonyl (C=O) groups excluding carboxylic acids is 1. The summed E-state index contributed by atoms with van der Waals surface area (Å²) in [6.45, 7) is 8.90. The molecular weight excluding hydrogens is 334 g/mol. The van der Waals surface area contributed by atoms with Gasteiger partial charge in [0, 0.05) is 11.7 Å². The molecule has 4 nitrogen and oxygen atoms in total. The first-order valence-corrected chi connectivity index (χ1v) is 10.1. The average Bonchev–Trinajstić information content (AvgIpc) is 2.68. The lowest BCUT2D eigenvalue weighted by Crippen LogP contribution is -3.16. The lowest BCUT2D eigenvalue weighted by atomic mass is 10.1.